The number of aliphatic hydroxyl groups excluding tert-OH is 1. The van der Waals surface area contributed by atoms with Crippen LogP contribution in [0, 0.1) is 12.7 Å². The normalized spacial score (nSPS) is 13.8. The fourth-order valence-electron chi connectivity index (χ4n) is 3.05. The first kappa shape index (κ1) is 21.6. The van der Waals surface area contributed by atoms with Crippen molar-refractivity contribution in [2.24, 2.45) is 0 Å². The molecule has 3 aromatic rings. The molecule has 1 aromatic heterocycles. The van der Waals surface area contributed by atoms with Crippen molar-refractivity contribution in [3.05, 3.63) is 64.1 Å². The zero-order valence-electron chi connectivity index (χ0n) is 16.5. The first-order valence-corrected chi connectivity index (χ1v) is 9.42. The number of alkyl halides is 2. The average Bonchev–Trinajstić information content (AvgIpc) is 2.92. The van der Waals surface area contributed by atoms with Crippen molar-refractivity contribution in [1.29, 1.82) is 0 Å². The summed E-state index contributed by atoms with van der Waals surface area (Å²) in [6.07, 6.45) is -2.32. The molecule has 8 heteroatoms. The van der Waals surface area contributed by atoms with Crippen molar-refractivity contribution >= 4 is 22.5 Å². The Morgan fingerprint density at radius 3 is 2.52 bits per heavy atom. The van der Waals surface area contributed by atoms with Gasteiger partial charge in [-0.05, 0) is 45.9 Å². The number of hydrogen-bond donors (Lipinski definition) is 1. The second-order valence-electron chi connectivity index (χ2n) is 7.88. The molecule has 1 heterocycles. The van der Waals surface area contributed by atoms with Crippen molar-refractivity contribution in [2.75, 3.05) is 0 Å². The summed E-state index contributed by atoms with van der Waals surface area (Å²) >= 11 is 6.09. The summed E-state index contributed by atoms with van der Waals surface area (Å²) in [5, 5.41) is 15.2. The molecule has 1 unspecified atom stereocenters. The van der Waals surface area contributed by atoms with Gasteiger partial charge in [0.1, 0.15) is 5.82 Å². The quantitative estimate of drug-likeness (QED) is 0.555. The van der Waals surface area contributed by atoms with E-state index in [2.05, 4.69) is 5.10 Å². The molecule has 0 spiro atoms. The fraction of sp³-hybridized carbons (Fsp3) is 0.381. The van der Waals surface area contributed by atoms with Crippen LogP contribution in [0.4, 0.5) is 13.2 Å². The van der Waals surface area contributed by atoms with Crippen molar-refractivity contribution in [3.8, 4) is 0 Å². The second-order valence-corrected chi connectivity index (χ2v) is 8.29. The Balaban J connectivity index is 2.04. The minimum atomic E-state index is -3.65. The maximum atomic E-state index is 14.8. The lowest BCUT2D eigenvalue weighted by Gasteiger charge is -2.29. The molecule has 2 aromatic carbocycles. The number of aromatic nitrogens is 2. The molecule has 0 aliphatic carbocycles. The monoisotopic (exact) mass is 426 g/mol. The molecule has 0 aliphatic rings. The van der Waals surface area contributed by atoms with Crippen LogP contribution in [0.5, 0.6) is 0 Å². The third kappa shape index (κ3) is 4.42. The summed E-state index contributed by atoms with van der Waals surface area (Å²) in [6, 6.07) is 8.29. The van der Waals surface area contributed by atoms with E-state index in [-0.39, 0.29) is 17.1 Å². The van der Waals surface area contributed by atoms with Gasteiger partial charge < -0.3 is 9.84 Å². The zero-order valence-corrected chi connectivity index (χ0v) is 17.3. The van der Waals surface area contributed by atoms with Crippen LogP contribution in [0.25, 0.3) is 10.9 Å². The van der Waals surface area contributed by atoms with Gasteiger partial charge in [-0.25, -0.2) is 4.39 Å². The first-order chi connectivity index (χ1) is 13.4. The van der Waals surface area contributed by atoms with Gasteiger partial charge in [-0.3, -0.25) is 4.68 Å². The minimum absolute atomic E-state index is 0.0219. The number of ether oxygens (including phenoxy) is 1. The zero-order chi connectivity index (χ0) is 21.6. The van der Waals surface area contributed by atoms with Gasteiger partial charge in [0.15, 0.2) is 0 Å². The number of halogens is 4. The fourth-order valence-corrected chi connectivity index (χ4v) is 3.28. The van der Waals surface area contributed by atoms with E-state index in [1.54, 1.807) is 33.8 Å². The number of nitrogens with zero attached hydrogens (tertiary/aromatic N) is 2. The van der Waals surface area contributed by atoms with E-state index in [1.807, 2.05) is 0 Å². The Morgan fingerprint density at radius 2 is 1.90 bits per heavy atom. The van der Waals surface area contributed by atoms with Gasteiger partial charge in [0, 0.05) is 21.5 Å². The molecule has 3 rings (SSSR count). The molecule has 156 valence electrons. The Kier molecular flexibility index (Phi) is 5.69. The molecular formula is C21H22ClF3N2O2. The van der Waals surface area contributed by atoms with Crippen LogP contribution in [-0.4, -0.2) is 26.8 Å². The van der Waals surface area contributed by atoms with E-state index in [0.29, 0.717) is 16.6 Å². The number of aliphatic hydroxyl groups is 1. The molecule has 1 N–H and O–H groups in total. The molecular weight excluding hydrogens is 405 g/mol. The molecule has 29 heavy (non-hydrogen) atoms. The summed E-state index contributed by atoms with van der Waals surface area (Å²) in [7, 11) is 0. The van der Waals surface area contributed by atoms with E-state index < -0.39 is 29.2 Å². The molecule has 0 amide bonds. The van der Waals surface area contributed by atoms with Gasteiger partial charge in [0.05, 0.1) is 23.4 Å². The Morgan fingerprint density at radius 1 is 1.21 bits per heavy atom. The van der Waals surface area contributed by atoms with Crippen LogP contribution in [0.15, 0.2) is 36.4 Å². The maximum Gasteiger partial charge on any atom is 0.322 e. The lowest BCUT2D eigenvalue weighted by molar-refractivity contribution is -0.273. The van der Waals surface area contributed by atoms with Crippen molar-refractivity contribution in [3.63, 3.8) is 0 Å². The molecule has 0 aliphatic heterocycles. The minimum Gasteiger partial charge on any atom is -0.363 e. The van der Waals surface area contributed by atoms with Gasteiger partial charge in [0.2, 0.25) is 6.29 Å². The highest BCUT2D eigenvalue weighted by Crippen LogP contribution is 2.36. The highest BCUT2D eigenvalue weighted by Gasteiger charge is 2.43. The Labute approximate surface area is 171 Å². The van der Waals surface area contributed by atoms with Gasteiger partial charge in [-0.2, -0.15) is 13.9 Å². The summed E-state index contributed by atoms with van der Waals surface area (Å²) < 4.78 is 50.3. The summed E-state index contributed by atoms with van der Waals surface area (Å²) in [4.78, 5) is 0. The van der Waals surface area contributed by atoms with Crippen LogP contribution < -0.4 is 0 Å². The van der Waals surface area contributed by atoms with Crippen LogP contribution in [-0.2, 0) is 17.2 Å². The number of rotatable bonds is 5. The van der Waals surface area contributed by atoms with Crippen molar-refractivity contribution < 1.29 is 23.0 Å². The standard InChI is InChI=1S/C21H22ClF3N2O2/c1-12-14-9-8-13(21(24,25)19(28)29-20(2,3)4)10-18(14)27(26-12)11-15-16(22)6-5-7-17(15)23/h5-10,19,28H,11H2,1-4H3. The van der Waals surface area contributed by atoms with E-state index in [1.165, 1.54) is 35.0 Å². The third-order valence-corrected chi connectivity index (χ3v) is 4.82. The van der Waals surface area contributed by atoms with Gasteiger partial charge >= 0.3 is 5.92 Å². The van der Waals surface area contributed by atoms with Crippen LogP contribution in [0.2, 0.25) is 5.02 Å². The molecule has 0 fully saturated rings. The molecule has 4 nitrogen and oxygen atoms in total. The average molecular weight is 427 g/mol. The second kappa shape index (κ2) is 7.63. The summed E-state index contributed by atoms with van der Waals surface area (Å²) in [5.41, 5.74) is -0.183. The lowest BCUT2D eigenvalue weighted by atomic mass is 10.0. The number of fused-ring (bicyclic) bond motifs is 1. The van der Waals surface area contributed by atoms with E-state index >= 15 is 0 Å². The topological polar surface area (TPSA) is 47.3 Å². The SMILES string of the molecule is Cc1nn(Cc2c(F)cccc2Cl)c2cc(C(F)(F)C(O)OC(C)(C)C)ccc12. The highest BCUT2D eigenvalue weighted by atomic mass is 35.5. The van der Waals surface area contributed by atoms with Gasteiger partial charge in [0.25, 0.3) is 0 Å². The number of aryl methyl sites for hydroxylation is 1. The maximum absolute atomic E-state index is 14.8. The molecule has 0 saturated heterocycles. The predicted octanol–water partition coefficient (Wildman–Crippen LogP) is 5.41. The summed E-state index contributed by atoms with van der Waals surface area (Å²) in [5.74, 6) is -4.16. The van der Waals surface area contributed by atoms with Crippen LogP contribution in [0.1, 0.15) is 37.6 Å². The number of benzene rings is 2. The Bertz CT molecular complexity index is 1020. The van der Waals surface area contributed by atoms with E-state index in [0.717, 1.165) is 0 Å². The van der Waals surface area contributed by atoms with Crippen LogP contribution >= 0.6 is 11.6 Å². The molecule has 0 bridgehead atoms. The highest BCUT2D eigenvalue weighted by molar-refractivity contribution is 6.31. The van der Waals surface area contributed by atoms with Gasteiger partial charge in [-0.1, -0.05) is 29.8 Å². The lowest BCUT2D eigenvalue weighted by Crippen LogP contribution is -2.39. The van der Waals surface area contributed by atoms with Crippen molar-refractivity contribution in [2.45, 2.75) is 52.1 Å². The van der Waals surface area contributed by atoms with Crippen LogP contribution in [0.3, 0.4) is 0 Å². The molecule has 1 atom stereocenters. The smallest absolute Gasteiger partial charge is 0.322 e. The van der Waals surface area contributed by atoms with Gasteiger partial charge in [-0.15, -0.1) is 0 Å². The third-order valence-electron chi connectivity index (χ3n) is 4.47. The largest absolute Gasteiger partial charge is 0.363 e. The molecule has 0 radical (unpaired) electrons. The molecule has 0 saturated carbocycles. The predicted molar refractivity (Wildman–Crippen MR) is 106 cm³/mol. The Hall–Kier alpha value is -2.09. The van der Waals surface area contributed by atoms with E-state index in [9.17, 15) is 18.3 Å². The first-order valence-electron chi connectivity index (χ1n) is 9.04. The van der Waals surface area contributed by atoms with E-state index in [4.69, 9.17) is 16.3 Å². The summed E-state index contributed by atoms with van der Waals surface area (Å²) in [6.45, 7) is 6.44. The number of hydrogen-bond acceptors (Lipinski definition) is 3. The van der Waals surface area contributed by atoms with Crippen molar-refractivity contribution in [1.82, 2.24) is 9.78 Å².